The number of nitrogens with zero attached hydrogens (tertiary/aromatic N) is 1. The quantitative estimate of drug-likeness (QED) is 0.306. The highest BCUT2D eigenvalue weighted by molar-refractivity contribution is 8.18. The average Bonchev–Trinajstić information content (AvgIpc) is 3.16. The Morgan fingerprint density at radius 3 is 2.51 bits per heavy atom. The zero-order chi connectivity index (χ0) is 24.9. The number of amides is 1. The van der Waals surface area contributed by atoms with Gasteiger partial charge in [0.25, 0.3) is 5.91 Å². The standard InChI is InChI=1S/C26H21Cl3N2O3S/c1-3-33-23-11-16(6-9-22(23)34-14-17-5-8-19(27)21(29)10-17)12-24-25(32)31-26(35-24)30-18-7-4-15(2)20(28)13-18/h4-13H,3,14H2,1-2H3,(H,30,31,32)/b24-12-. The van der Waals surface area contributed by atoms with Crippen LogP contribution in [0.1, 0.15) is 23.6 Å². The van der Waals surface area contributed by atoms with Crippen molar-refractivity contribution < 1.29 is 14.3 Å². The van der Waals surface area contributed by atoms with Crippen LogP contribution in [0.3, 0.4) is 0 Å². The Hall–Kier alpha value is -2.64. The molecular formula is C26H21Cl3N2O3S. The van der Waals surface area contributed by atoms with Gasteiger partial charge < -0.3 is 14.8 Å². The van der Waals surface area contributed by atoms with E-state index in [1.165, 1.54) is 11.8 Å². The summed E-state index contributed by atoms with van der Waals surface area (Å²) in [5, 5.41) is 4.88. The zero-order valence-electron chi connectivity index (χ0n) is 18.9. The first kappa shape index (κ1) is 25.5. The average molecular weight is 548 g/mol. The van der Waals surface area contributed by atoms with Gasteiger partial charge in [-0.05, 0) is 84.8 Å². The van der Waals surface area contributed by atoms with E-state index in [0.717, 1.165) is 16.7 Å². The van der Waals surface area contributed by atoms with Gasteiger partial charge in [0.15, 0.2) is 16.7 Å². The van der Waals surface area contributed by atoms with Gasteiger partial charge in [-0.3, -0.25) is 4.79 Å². The van der Waals surface area contributed by atoms with Crippen LogP contribution in [-0.2, 0) is 11.4 Å². The Morgan fingerprint density at radius 1 is 0.943 bits per heavy atom. The van der Waals surface area contributed by atoms with Gasteiger partial charge in [0.1, 0.15) is 6.61 Å². The summed E-state index contributed by atoms with van der Waals surface area (Å²) < 4.78 is 11.7. The highest BCUT2D eigenvalue weighted by Gasteiger charge is 2.24. The molecule has 0 atom stereocenters. The number of ether oxygens (including phenoxy) is 2. The van der Waals surface area contributed by atoms with Crippen LogP contribution in [0.25, 0.3) is 6.08 Å². The van der Waals surface area contributed by atoms with Gasteiger partial charge in [0.05, 0.1) is 27.2 Å². The lowest BCUT2D eigenvalue weighted by Crippen LogP contribution is -2.19. The molecule has 1 N–H and O–H groups in total. The van der Waals surface area contributed by atoms with Crippen LogP contribution in [0.5, 0.6) is 11.5 Å². The first-order valence-corrected chi connectivity index (χ1v) is 12.7. The van der Waals surface area contributed by atoms with E-state index in [4.69, 9.17) is 44.3 Å². The number of amidine groups is 1. The van der Waals surface area contributed by atoms with Crippen LogP contribution in [-0.4, -0.2) is 17.7 Å². The number of thioether (sulfide) groups is 1. The van der Waals surface area contributed by atoms with Gasteiger partial charge in [0.2, 0.25) is 0 Å². The number of hydrogen-bond acceptors (Lipinski definition) is 5. The summed E-state index contributed by atoms with van der Waals surface area (Å²) in [6.07, 6.45) is 1.79. The van der Waals surface area contributed by atoms with E-state index in [1.807, 2.05) is 50.2 Å². The molecule has 1 fully saturated rings. The van der Waals surface area contributed by atoms with Gasteiger partial charge in [-0.25, -0.2) is 4.99 Å². The smallest absolute Gasteiger partial charge is 0.264 e. The van der Waals surface area contributed by atoms with Crippen molar-refractivity contribution in [3.8, 4) is 11.5 Å². The molecule has 1 aliphatic rings. The van der Waals surface area contributed by atoms with Crippen molar-refractivity contribution in [2.24, 2.45) is 4.99 Å². The molecule has 9 heteroatoms. The molecule has 1 amide bonds. The van der Waals surface area contributed by atoms with E-state index < -0.39 is 0 Å². The minimum absolute atomic E-state index is 0.218. The molecule has 3 aromatic carbocycles. The van der Waals surface area contributed by atoms with Crippen molar-refractivity contribution >= 4 is 69.4 Å². The number of benzene rings is 3. The topological polar surface area (TPSA) is 59.9 Å². The zero-order valence-corrected chi connectivity index (χ0v) is 22.0. The monoisotopic (exact) mass is 546 g/mol. The summed E-state index contributed by atoms with van der Waals surface area (Å²) in [6, 6.07) is 16.4. The normalized spacial score (nSPS) is 15.5. The Balaban J connectivity index is 1.51. The molecule has 35 heavy (non-hydrogen) atoms. The van der Waals surface area contributed by atoms with E-state index in [-0.39, 0.29) is 5.91 Å². The van der Waals surface area contributed by atoms with Crippen LogP contribution in [0, 0.1) is 6.92 Å². The largest absolute Gasteiger partial charge is 0.490 e. The number of aliphatic imine (C=N–C) groups is 1. The van der Waals surface area contributed by atoms with Gasteiger partial charge >= 0.3 is 0 Å². The summed E-state index contributed by atoms with van der Waals surface area (Å²) in [5.41, 5.74) is 3.32. The van der Waals surface area contributed by atoms with Crippen molar-refractivity contribution in [1.29, 1.82) is 0 Å². The summed E-state index contributed by atoms with van der Waals surface area (Å²) in [6.45, 7) is 4.59. The highest BCUT2D eigenvalue weighted by atomic mass is 35.5. The molecule has 0 radical (unpaired) electrons. The summed E-state index contributed by atoms with van der Waals surface area (Å²) >= 11 is 19.5. The van der Waals surface area contributed by atoms with E-state index in [9.17, 15) is 4.79 Å². The predicted octanol–water partition coefficient (Wildman–Crippen LogP) is 7.82. The van der Waals surface area contributed by atoms with Gasteiger partial charge in [-0.2, -0.15) is 0 Å². The SMILES string of the molecule is CCOc1cc(/C=C2\SC(=Nc3ccc(C)c(Cl)c3)NC2=O)ccc1OCc1ccc(Cl)c(Cl)c1. The number of halogens is 3. The number of carbonyl (C=O) groups is 1. The number of carbonyl (C=O) groups excluding carboxylic acids is 1. The van der Waals surface area contributed by atoms with E-state index in [0.29, 0.717) is 55.5 Å². The van der Waals surface area contributed by atoms with Crippen molar-refractivity contribution in [1.82, 2.24) is 5.32 Å². The fourth-order valence-corrected chi connectivity index (χ4v) is 4.53. The third-order valence-electron chi connectivity index (χ3n) is 4.98. The second kappa shape index (κ2) is 11.4. The molecule has 5 nitrogen and oxygen atoms in total. The Morgan fingerprint density at radius 2 is 1.77 bits per heavy atom. The molecule has 3 aromatic rings. The maximum atomic E-state index is 12.5. The Bertz CT molecular complexity index is 1340. The van der Waals surface area contributed by atoms with Crippen molar-refractivity contribution in [3.63, 3.8) is 0 Å². The van der Waals surface area contributed by atoms with Crippen LogP contribution in [0.2, 0.25) is 15.1 Å². The molecule has 0 saturated carbocycles. The van der Waals surface area contributed by atoms with E-state index in [2.05, 4.69) is 10.3 Å². The summed E-state index contributed by atoms with van der Waals surface area (Å²) in [5.74, 6) is 0.945. The molecule has 0 aliphatic carbocycles. The summed E-state index contributed by atoms with van der Waals surface area (Å²) in [7, 11) is 0. The van der Waals surface area contributed by atoms with Crippen molar-refractivity contribution in [2.75, 3.05) is 6.61 Å². The van der Waals surface area contributed by atoms with Gasteiger partial charge in [-0.15, -0.1) is 0 Å². The van der Waals surface area contributed by atoms with E-state index in [1.54, 1.807) is 24.3 Å². The second-order valence-electron chi connectivity index (χ2n) is 7.59. The maximum Gasteiger partial charge on any atom is 0.264 e. The highest BCUT2D eigenvalue weighted by Crippen LogP contribution is 2.34. The van der Waals surface area contributed by atoms with Crippen LogP contribution >= 0.6 is 46.6 Å². The van der Waals surface area contributed by atoms with Gasteiger partial charge in [-0.1, -0.05) is 53.0 Å². The fourth-order valence-electron chi connectivity index (χ4n) is 3.19. The number of hydrogen-bond donors (Lipinski definition) is 1. The molecular weight excluding hydrogens is 527 g/mol. The van der Waals surface area contributed by atoms with Crippen molar-refractivity contribution in [2.45, 2.75) is 20.5 Å². The third-order valence-corrected chi connectivity index (χ3v) is 7.04. The Labute approximate surface area is 223 Å². The first-order valence-electron chi connectivity index (χ1n) is 10.7. The molecule has 1 saturated heterocycles. The molecule has 0 spiro atoms. The van der Waals surface area contributed by atoms with Crippen LogP contribution in [0.4, 0.5) is 5.69 Å². The molecule has 0 bridgehead atoms. The third kappa shape index (κ3) is 6.53. The molecule has 180 valence electrons. The van der Waals surface area contributed by atoms with Crippen LogP contribution < -0.4 is 14.8 Å². The minimum atomic E-state index is -0.218. The molecule has 0 unspecified atom stereocenters. The van der Waals surface area contributed by atoms with Crippen molar-refractivity contribution in [3.05, 3.63) is 91.3 Å². The van der Waals surface area contributed by atoms with Crippen LogP contribution in [0.15, 0.2) is 64.5 Å². The first-order chi connectivity index (χ1) is 16.8. The van der Waals surface area contributed by atoms with E-state index >= 15 is 0 Å². The fraction of sp³-hybridized carbons (Fsp3) is 0.154. The Kier molecular flexibility index (Phi) is 8.29. The number of rotatable bonds is 7. The lowest BCUT2D eigenvalue weighted by atomic mass is 10.2. The lowest BCUT2D eigenvalue weighted by Gasteiger charge is -2.13. The summed E-state index contributed by atoms with van der Waals surface area (Å²) in [4.78, 5) is 17.5. The molecule has 0 aromatic heterocycles. The predicted molar refractivity (Wildman–Crippen MR) is 145 cm³/mol. The maximum absolute atomic E-state index is 12.5. The number of aryl methyl sites for hydroxylation is 1. The van der Waals surface area contributed by atoms with Gasteiger partial charge in [0, 0.05) is 5.02 Å². The lowest BCUT2D eigenvalue weighted by molar-refractivity contribution is -0.115. The molecule has 1 aliphatic heterocycles. The molecule has 1 heterocycles. The minimum Gasteiger partial charge on any atom is -0.490 e. The molecule has 4 rings (SSSR count). The second-order valence-corrected chi connectivity index (χ2v) is 9.84. The number of nitrogens with one attached hydrogen (secondary N) is 1.